The lowest BCUT2D eigenvalue weighted by Crippen LogP contribution is -1.97. The fraction of sp³-hybridized carbons (Fsp3) is 0. The van der Waals surface area contributed by atoms with Crippen LogP contribution in [0.4, 0.5) is 22.9 Å². The Kier molecular flexibility index (Phi) is 3.63. The Hall–Kier alpha value is -3.67. The van der Waals surface area contributed by atoms with Crippen LogP contribution >= 0.6 is 0 Å². The zero-order valence-corrected chi connectivity index (χ0v) is 13.3. The molecule has 0 aliphatic carbocycles. The predicted molar refractivity (Wildman–Crippen MR) is 101 cm³/mol. The second-order valence-electron chi connectivity index (χ2n) is 5.66. The molecule has 3 aromatic carbocycles. The summed E-state index contributed by atoms with van der Waals surface area (Å²) in [5.41, 5.74) is 16.1. The van der Waals surface area contributed by atoms with Crippen LogP contribution in [-0.4, -0.2) is 10.2 Å². The van der Waals surface area contributed by atoms with Gasteiger partial charge >= 0.3 is 0 Å². The van der Waals surface area contributed by atoms with Gasteiger partial charge in [-0.25, -0.2) is 0 Å². The van der Waals surface area contributed by atoms with E-state index in [4.69, 9.17) is 11.5 Å². The molecular formula is C19H16N6. The molecule has 0 aliphatic heterocycles. The minimum absolute atomic E-state index is 0.496. The summed E-state index contributed by atoms with van der Waals surface area (Å²) < 4.78 is 0. The maximum Gasteiger partial charge on any atom is 0.195 e. The molecule has 0 saturated carbocycles. The van der Waals surface area contributed by atoms with Gasteiger partial charge in [-0.05, 0) is 28.5 Å². The predicted octanol–water partition coefficient (Wildman–Crippen LogP) is 4.81. The largest absolute Gasteiger partial charge is 0.398 e. The van der Waals surface area contributed by atoms with Crippen LogP contribution in [0.1, 0.15) is 0 Å². The van der Waals surface area contributed by atoms with Crippen LogP contribution in [-0.2, 0) is 0 Å². The summed E-state index contributed by atoms with van der Waals surface area (Å²) in [4.78, 5) is 0. The van der Waals surface area contributed by atoms with E-state index in [1.165, 1.54) is 0 Å². The molecular weight excluding hydrogens is 312 g/mol. The van der Waals surface area contributed by atoms with Crippen molar-refractivity contribution >= 4 is 33.7 Å². The number of rotatable bonds is 3. The number of azo groups is 1. The number of nitrogen functional groups attached to an aromatic ring is 2. The van der Waals surface area contributed by atoms with Gasteiger partial charge < -0.3 is 11.5 Å². The third-order valence-electron chi connectivity index (χ3n) is 4.00. The Balaban J connectivity index is 1.81. The van der Waals surface area contributed by atoms with Crippen molar-refractivity contribution in [2.75, 3.05) is 11.5 Å². The zero-order chi connectivity index (χ0) is 17.2. The van der Waals surface area contributed by atoms with Crippen molar-refractivity contribution in [2.24, 2.45) is 10.2 Å². The highest BCUT2D eigenvalue weighted by molar-refractivity contribution is 6.03. The average molecular weight is 328 g/mol. The van der Waals surface area contributed by atoms with E-state index in [9.17, 15) is 0 Å². The number of hydrogen-bond acceptors (Lipinski definition) is 5. The van der Waals surface area contributed by atoms with Crippen LogP contribution < -0.4 is 11.5 Å². The van der Waals surface area contributed by atoms with Crippen LogP contribution in [0.15, 0.2) is 77.1 Å². The lowest BCUT2D eigenvalue weighted by atomic mass is 9.95. The molecule has 4 aromatic rings. The van der Waals surface area contributed by atoms with E-state index in [0.29, 0.717) is 22.9 Å². The molecule has 0 saturated heterocycles. The molecule has 1 aromatic heterocycles. The van der Waals surface area contributed by atoms with E-state index in [1.54, 1.807) is 24.4 Å². The highest BCUT2D eigenvalue weighted by Gasteiger charge is 2.12. The molecule has 0 spiro atoms. The highest BCUT2D eigenvalue weighted by atomic mass is 15.2. The van der Waals surface area contributed by atoms with E-state index < -0.39 is 0 Å². The standard InChI is InChI=1S/C19H16N6/c20-16-10-13(23-25-18-8-9-22-24-18)11-17(21)19(16)15-7-3-5-12-4-1-2-6-14(12)15/h1-11H,20-21H2,(H,22,24). The number of H-pyrrole nitrogens is 1. The molecule has 0 unspecified atom stereocenters. The van der Waals surface area contributed by atoms with Gasteiger partial charge in [0.15, 0.2) is 5.82 Å². The minimum atomic E-state index is 0.496. The summed E-state index contributed by atoms with van der Waals surface area (Å²) >= 11 is 0. The zero-order valence-electron chi connectivity index (χ0n) is 13.3. The first-order valence-corrected chi connectivity index (χ1v) is 7.81. The van der Waals surface area contributed by atoms with E-state index in [1.807, 2.05) is 24.3 Å². The molecule has 0 atom stereocenters. The average Bonchev–Trinajstić information content (AvgIpc) is 3.13. The molecule has 0 bridgehead atoms. The first-order chi connectivity index (χ1) is 12.2. The first kappa shape index (κ1) is 14.9. The molecule has 0 aliphatic rings. The fourth-order valence-electron chi connectivity index (χ4n) is 2.90. The second kappa shape index (κ2) is 6.09. The van der Waals surface area contributed by atoms with Crippen molar-refractivity contribution in [3.05, 3.63) is 66.9 Å². The molecule has 122 valence electrons. The van der Waals surface area contributed by atoms with Crippen LogP contribution in [0.2, 0.25) is 0 Å². The normalized spacial score (nSPS) is 11.4. The summed E-state index contributed by atoms with van der Waals surface area (Å²) in [7, 11) is 0. The summed E-state index contributed by atoms with van der Waals surface area (Å²) in [5, 5.41) is 17.0. The van der Waals surface area contributed by atoms with E-state index in [0.717, 1.165) is 21.9 Å². The SMILES string of the molecule is Nc1cc(N=Nc2cc[nH]n2)cc(N)c1-c1cccc2ccccc12. The quantitative estimate of drug-likeness (QED) is 0.371. The van der Waals surface area contributed by atoms with Crippen molar-refractivity contribution in [2.45, 2.75) is 0 Å². The van der Waals surface area contributed by atoms with Gasteiger partial charge in [0.25, 0.3) is 0 Å². The Labute approximate surface area is 144 Å². The third-order valence-corrected chi connectivity index (χ3v) is 4.00. The molecule has 0 fully saturated rings. The maximum absolute atomic E-state index is 6.29. The summed E-state index contributed by atoms with van der Waals surface area (Å²) in [6.45, 7) is 0. The molecule has 6 heteroatoms. The smallest absolute Gasteiger partial charge is 0.195 e. The third kappa shape index (κ3) is 2.81. The first-order valence-electron chi connectivity index (χ1n) is 7.81. The summed E-state index contributed by atoms with van der Waals surface area (Å²) in [6, 6.07) is 19.5. The fourth-order valence-corrected chi connectivity index (χ4v) is 2.90. The number of benzene rings is 3. The lowest BCUT2D eigenvalue weighted by molar-refractivity contribution is 1.06. The molecule has 25 heavy (non-hydrogen) atoms. The molecule has 0 radical (unpaired) electrons. The van der Waals surface area contributed by atoms with E-state index in [2.05, 4.69) is 38.6 Å². The Morgan fingerprint density at radius 2 is 1.60 bits per heavy atom. The van der Waals surface area contributed by atoms with Crippen LogP contribution in [0.5, 0.6) is 0 Å². The van der Waals surface area contributed by atoms with E-state index in [-0.39, 0.29) is 0 Å². The van der Waals surface area contributed by atoms with Crippen molar-refractivity contribution in [3.8, 4) is 11.1 Å². The molecule has 6 nitrogen and oxygen atoms in total. The number of aromatic amines is 1. The number of nitrogens with zero attached hydrogens (tertiary/aromatic N) is 3. The summed E-state index contributed by atoms with van der Waals surface area (Å²) in [5.74, 6) is 0.496. The highest BCUT2D eigenvalue weighted by Crippen LogP contribution is 2.39. The summed E-state index contributed by atoms with van der Waals surface area (Å²) in [6.07, 6.45) is 1.68. The number of nitrogens with two attached hydrogens (primary N) is 2. The van der Waals surface area contributed by atoms with Gasteiger partial charge in [0.1, 0.15) is 0 Å². The van der Waals surface area contributed by atoms with Crippen molar-refractivity contribution < 1.29 is 0 Å². The van der Waals surface area contributed by atoms with Gasteiger partial charge in [-0.3, -0.25) is 5.10 Å². The number of fused-ring (bicyclic) bond motifs is 1. The topological polar surface area (TPSA) is 105 Å². The Morgan fingerprint density at radius 3 is 2.36 bits per heavy atom. The lowest BCUT2D eigenvalue weighted by Gasteiger charge is -2.13. The molecule has 1 heterocycles. The van der Waals surface area contributed by atoms with E-state index >= 15 is 0 Å². The number of nitrogens with one attached hydrogen (secondary N) is 1. The maximum atomic E-state index is 6.29. The second-order valence-corrected chi connectivity index (χ2v) is 5.66. The Morgan fingerprint density at radius 1 is 0.840 bits per heavy atom. The van der Waals surface area contributed by atoms with Gasteiger partial charge in [0, 0.05) is 29.2 Å². The van der Waals surface area contributed by atoms with Crippen LogP contribution in [0.25, 0.3) is 21.9 Å². The van der Waals surface area contributed by atoms with Gasteiger partial charge in [0.2, 0.25) is 0 Å². The van der Waals surface area contributed by atoms with Gasteiger partial charge in [-0.1, -0.05) is 42.5 Å². The monoisotopic (exact) mass is 328 g/mol. The van der Waals surface area contributed by atoms with Gasteiger partial charge in [0.05, 0.1) is 5.69 Å². The molecule has 4 rings (SSSR count). The molecule has 0 amide bonds. The Bertz CT molecular complexity index is 1040. The number of hydrogen-bond donors (Lipinski definition) is 3. The minimum Gasteiger partial charge on any atom is -0.398 e. The van der Waals surface area contributed by atoms with Crippen molar-refractivity contribution in [1.82, 2.24) is 10.2 Å². The molecule has 5 N–H and O–H groups in total. The van der Waals surface area contributed by atoms with Gasteiger partial charge in [-0.2, -0.15) is 5.10 Å². The van der Waals surface area contributed by atoms with Gasteiger partial charge in [-0.15, -0.1) is 10.2 Å². The van der Waals surface area contributed by atoms with Crippen molar-refractivity contribution in [3.63, 3.8) is 0 Å². The number of aromatic nitrogens is 2. The van der Waals surface area contributed by atoms with Crippen LogP contribution in [0.3, 0.4) is 0 Å². The van der Waals surface area contributed by atoms with Crippen LogP contribution in [0, 0.1) is 0 Å². The van der Waals surface area contributed by atoms with Crippen molar-refractivity contribution in [1.29, 1.82) is 0 Å². The number of anilines is 2.